The fourth-order valence-electron chi connectivity index (χ4n) is 2.13. The Hall–Kier alpha value is -1.75. The van der Waals surface area contributed by atoms with Gasteiger partial charge in [0.05, 0.1) is 13.1 Å². The summed E-state index contributed by atoms with van der Waals surface area (Å²) in [5, 5.41) is 7.30. The molecule has 1 amide bonds. The minimum Gasteiger partial charge on any atom is -0.492 e. The summed E-state index contributed by atoms with van der Waals surface area (Å²) >= 11 is 11.9. The van der Waals surface area contributed by atoms with Crippen molar-refractivity contribution in [2.75, 3.05) is 19.7 Å². The average Bonchev–Trinajstić information content (AvgIpc) is 2.58. The van der Waals surface area contributed by atoms with Crippen LogP contribution in [0.1, 0.15) is 18.5 Å². The van der Waals surface area contributed by atoms with E-state index in [0.717, 1.165) is 11.3 Å². The van der Waals surface area contributed by atoms with Gasteiger partial charge in [-0.1, -0.05) is 41.4 Å². The maximum Gasteiger partial charge on any atom is 0.234 e. The van der Waals surface area contributed by atoms with Crippen LogP contribution in [0.15, 0.2) is 48.5 Å². The minimum atomic E-state index is -0.0893. The number of carbonyl (C=O) groups is 1. The van der Waals surface area contributed by atoms with Crippen molar-refractivity contribution in [3.63, 3.8) is 0 Å². The zero-order valence-corrected chi connectivity index (χ0v) is 14.9. The van der Waals surface area contributed by atoms with E-state index in [1.165, 1.54) is 0 Å². The molecule has 0 bridgehead atoms. The first-order valence-electron chi connectivity index (χ1n) is 7.69. The maximum atomic E-state index is 11.8. The molecule has 1 atom stereocenters. The second-order valence-corrected chi connectivity index (χ2v) is 6.12. The second-order valence-electron chi connectivity index (χ2n) is 5.28. The van der Waals surface area contributed by atoms with E-state index in [1.54, 1.807) is 24.3 Å². The first-order chi connectivity index (χ1) is 11.6. The molecule has 0 unspecified atom stereocenters. The highest BCUT2D eigenvalue weighted by Crippen LogP contribution is 2.21. The summed E-state index contributed by atoms with van der Waals surface area (Å²) in [6.07, 6.45) is 0. The molecule has 2 aromatic carbocycles. The normalized spacial score (nSPS) is 11.8. The number of nitrogens with one attached hydrogen (secondary N) is 2. The van der Waals surface area contributed by atoms with Gasteiger partial charge in [0.15, 0.2) is 0 Å². The number of ether oxygens (including phenoxy) is 1. The van der Waals surface area contributed by atoms with Crippen LogP contribution in [0.25, 0.3) is 0 Å². The van der Waals surface area contributed by atoms with Crippen LogP contribution in [0, 0.1) is 0 Å². The summed E-state index contributed by atoms with van der Waals surface area (Å²) in [5.41, 5.74) is 0.970. The predicted molar refractivity (Wildman–Crippen MR) is 97.8 cm³/mol. The number of amides is 1. The van der Waals surface area contributed by atoms with Crippen molar-refractivity contribution < 1.29 is 9.53 Å². The highest BCUT2D eigenvalue weighted by Gasteiger charge is 2.10. The molecule has 0 spiro atoms. The Morgan fingerprint density at radius 3 is 2.54 bits per heavy atom. The van der Waals surface area contributed by atoms with Crippen LogP contribution < -0.4 is 15.4 Å². The molecule has 2 rings (SSSR count). The summed E-state index contributed by atoms with van der Waals surface area (Å²) in [5.74, 6) is 0.632. The Balaban J connectivity index is 1.64. The van der Waals surface area contributed by atoms with Gasteiger partial charge in [0, 0.05) is 16.1 Å². The van der Waals surface area contributed by atoms with Crippen molar-refractivity contribution in [3.05, 3.63) is 64.1 Å². The van der Waals surface area contributed by atoms with E-state index in [9.17, 15) is 4.79 Å². The third-order valence-electron chi connectivity index (χ3n) is 3.45. The Bertz CT molecular complexity index is 662. The summed E-state index contributed by atoms with van der Waals surface area (Å²) in [4.78, 5) is 11.8. The minimum absolute atomic E-state index is 0.00485. The van der Waals surface area contributed by atoms with Crippen molar-refractivity contribution in [3.8, 4) is 5.75 Å². The van der Waals surface area contributed by atoms with Gasteiger partial charge in [-0.05, 0) is 42.8 Å². The molecule has 0 aromatic heterocycles. The maximum absolute atomic E-state index is 11.8. The van der Waals surface area contributed by atoms with Crippen LogP contribution in [-0.4, -0.2) is 25.6 Å². The predicted octanol–water partition coefficient (Wildman–Crippen LogP) is 3.84. The third kappa shape index (κ3) is 6.04. The van der Waals surface area contributed by atoms with Gasteiger partial charge in [0.25, 0.3) is 0 Å². The fraction of sp³-hybridized carbons (Fsp3) is 0.278. The number of carbonyl (C=O) groups excluding carboxylic acids is 1. The molecule has 0 heterocycles. The summed E-state index contributed by atoms with van der Waals surface area (Å²) in [6.45, 7) is 3.02. The fourth-order valence-corrected chi connectivity index (χ4v) is 2.56. The van der Waals surface area contributed by atoms with E-state index in [0.29, 0.717) is 23.2 Å². The van der Waals surface area contributed by atoms with Crippen LogP contribution in [-0.2, 0) is 4.79 Å². The van der Waals surface area contributed by atoms with Crippen LogP contribution in [0.5, 0.6) is 5.75 Å². The van der Waals surface area contributed by atoms with Crippen LogP contribution in [0.4, 0.5) is 0 Å². The Morgan fingerprint density at radius 2 is 1.83 bits per heavy atom. The number of hydrogen-bond acceptors (Lipinski definition) is 3. The third-order valence-corrected chi connectivity index (χ3v) is 4.04. The van der Waals surface area contributed by atoms with E-state index in [1.807, 2.05) is 31.2 Å². The van der Waals surface area contributed by atoms with Gasteiger partial charge in [0.1, 0.15) is 12.4 Å². The lowest BCUT2D eigenvalue weighted by Crippen LogP contribution is -2.37. The molecule has 2 aromatic rings. The molecule has 128 valence electrons. The average molecular weight is 367 g/mol. The number of halogens is 2. The van der Waals surface area contributed by atoms with Crippen molar-refractivity contribution in [2.24, 2.45) is 0 Å². The Labute approximate surface area is 152 Å². The zero-order chi connectivity index (χ0) is 17.4. The van der Waals surface area contributed by atoms with Crippen molar-refractivity contribution in [1.29, 1.82) is 0 Å². The van der Waals surface area contributed by atoms with Gasteiger partial charge in [0.2, 0.25) is 5.91 Å². The quantitative estimate of drug-likeness (QED) is 0.697. The number of benzene rings is 2. The molecule has 4 nitrogen and oxygen atoms in total. The van der Waals surface area contributed by atoms with Gasteiger partial charge in [-0.2, -0.15) is 0 Å². The Kier molecular flexibility index (Phi) is 7.37. The van der Waals surface area contributed by atoms with Gasteiger partial charge < -0.3 is 15.4 Å². The lowest BCUT2D eigenvalue weighted by molar-refractivity contribution is -0.120. The molecular weight excluding hydrogens is 347 g/mol. The summed E-state index contributed by atoms with van der Waals surface area (Å²) < 4.78 is 5.51. The SMILES string of the molecule is C[C@H](NCC(=O)NCCOc1ccc(Cl)cc1)c1ccccc1Cl. The highest BCUT2D eigenvalue weighted by molar-refractivity contribution is 6.31. The number of hydrogen-bond donors (Lipinski definition) is 2. The summed E-state index contributed by atoms with van der Waals surface area (Å²) in [7, 11) is 0. The van der Waals surface area contributed by atoms with E-state index in [4.69, 9.17) is 27.9 Å². The Morgan fingerprint density at radius 1 is 1.12 bits per heavy atom. The van der Waals surface area contributed by atoms with Crippen LogP contribution >= 0.6 is 23.2 Å². The molecule has 6 heteroatoms. The molecule has 0 radical (unpaired) electrons. The van der Waals surface area contributed by atoms with Crippen molar-refractivity contribution >= 4 is 29.1 Å². The lowest BCUT2D eigenvalue weighted by Gasteiger charge is -2.15. The van der Waals surface area contributed by atoms with E-state index in [-0.39, 0.29) is 18.5 Å². The molecular formula is C18H20Cl2N2O2. The van der Waals surface area contributed by atoms with Gasteiger partial charge in [-0.3, -0.25) is 4.79 Å². The molecule has 0 aliphatic carbocycles. The first-order valence-corrected chi connectivity index (χ1v) is 8.44. The van der Waals surface area contributed by atoms with Crippen LogP contribution in [0.2, 0.25) is 10.0 Å². The van der Waals surface area contributed by atoms with Crippen molar-refractivity contribution in [1.82, 2.24) is 10.6 Å². The molecule has 0 saturated heterocycles. The van der Waals surface area contributed by atoms with Gasteiger partial charge >= 0.3 is 0 Å². The second kappa shape index (κ2) is 9.52. The lowest BCUT2D eigenvalue weighted by atomic mass is 10.1. The standard InChI is InChI=1S/C18H20Cl2N2O2/c1-13(16-4-2-3-5-17(16)20)22-12-18(23)21-10-11-24-15-8-6-14(19)7-9-15/h2-9,13,22H,10-12H2,1H3,(H,21,23)/t13-/m0/s1. The first kappa shape index (κ1) is 18.6. The van der Waals surface area contributed by atoms with Crippen LogP contribution in [0.3, 0.4) is 0 Å². The van der Waals surface area contributed by atoms with Gasteiger partial charge in [-0.15, -0.1) is 0 Å². The monoisotopic (exact) mass is 366 g/mol. The van der Waals surface area contributed by atoms with E-state index < -0.39 is 0 Å². The highest BCUT2D eigenvalue weighted by atomic mass is 35.5. The smallest absolute Gasteiger partial charge is 0.234 e. The van der Waals surface area contributed by atoms with E-state index in [2.05, 4.69) is 10.6 Å². The molecule has 0 saturated carbocycles. The molecule has 0 aliphatic rings. The summed E-state index contributed by atoms with van der Waals surface area (Å²) in [6, 6.07) is 14.7. The van der Waals surface area contributed by atoms with Gasteiger partial charge in [-0.25, -0.2) is 0 Å². The molecule has 2 N–H and O–H groups in total. The van der Waals surface area contributed by atoms with E-state index >= 15 is 0 Å². The van der Waals surface area contributed by atoms with Crippen molar-refractivity contribution in [2.45, 2.75) is 13.0 Å². The molecule has 0 aliphatic heterocycles. The molecule has 0 fully saturated rings. The topological polar surface area (TPSA) is 50.4 Å². The largest absolute Gasteiger partial charge is 0.492 e. The number of rotatable bonds is 8. The molecule has 24 heavy (non-hydrogen) atoms. The zero-order valence-electron chi connectivity index (χ0n) is 13.4.